The summed E-state index contributed by atoms with van der Waals surface area (Å²) < 4.78 is 20.4. The minimum Gasteiger partial charge on any atom is -0.489 e. The summed E-state index contributed by atoms with van der Waals surface area (Å²) in [7, 11) is 0. The standard InChI is InChI=1S/C21H17FINO2/c1-14(25)24-19-8-3-15(4-9-19)16-5-10-20(11-6-16)26-13-17-2-7-18(23)12-21(17)22/h2-12H,13H2,1H3,(H,24,25). The number of carbonyl (C=O) groups is 1. The molecule has 0 radical (unpaired) electrons. The number of rotatable bonds is 5. The fourth-order valence-electron chi connectivity index (χ4n) is 2.49. The van der Waals surface area contributed by atoms with Gasteiger partial charge in [0.05, 0.1) is 0 Å². The van der Waals surface area contributed by atoms with E-state index in [1.54, 1.807) is 6.07 Å². The second-order valence-electron chi connectivity index (χ2n) is 5.81. The van der Waals surface area contributed by atoms with Crippen molar-refractivity contribution in [2.45, 2.75) is 13.5 Å². The molecule has 26 heavy (non-hydrogen) atoms. The van der Waals surface area contributed by atoms with Crippen LogP contribution in [0, 0.1) is 9.39 Å². The number of hydrogen-bond donors (Lipinski definition) is 1. The molecule has 0 saturated carbocycles. The summed E-state index contributed by atoms with van der Waals surface area (Å²) in [6, 6.07) is 20.3. The molecule has 132 valence electrons. The van der Waals surface area contributed by atoms with Crippen molar-refractivity contribution < 1.29 is 13.9 Å². The summed E-state index contributed by atoms with van der Waals surface area (Å²) >= 11 is 2.08. The lowest BCUT2D eigenvalue weighted by atomic mass is 10.1. The summed E-state index contributed by atoms with van der Waals surface area (Å²) in [4.78, 5) is 11.1. The van der Waals surface area contributed by atoms with Crippen LogP contribution in [0.25, 0.3) is 11.1 Å². The Hall–Kier alpha value is -2.41. The zero-order valence-electron chi connectivity index (χ0n) is 14.1. The van der Waals surface area contributed by atoms with Crippen LogP contribution in [0.3, 0.4) is 0 Å². The van der Waals surface area contributed by atoms with Crippen molar-refractivity contribution >= 4 is 34.2 Å². The van der Waals surface area contributed by atoms with Crippen LogP contribution >= 0.6 is 22.6 Å². The number of benzene rings is 3. The number of hydrogen-bond acceptors (Lipinski definition) is 2. The van der Waals surface area contributed by atoms with Crippen LogP contribution in [0.15, 0.2) is 66.7 Å². The highest BCUT2D eigenvalue weighted by atomic mass is 127. The molecule has 1 amide bonds. The monoisotopic (exact) mass is 461 g/mol. The molecule has 3 rings (SSSR count). The molecule has 1 N–H and O–H groups in total. The molecule has 0 fully saturated rings. The lowest BCUT2D eigenvalue weighted by Gasteiger charge is -2.09. The smallest absolute Gasteiger partial charge is 0.221 e. The van der Waals surface area contributed by atoms with Crippen LogP contribution in [0.1, 0.15) is 12.5 Å². The minimum atomic E-state index is -0.257. The Morgan fingerprint density at radius 1 is 1.00 bits per heavy atom. The van der Waals surface area contributed by atoms with Crippen molar-refractivity contribution in [2.24, 2.45) is 0 Å². The van der Waals surface area contributed by atoms with Gasteiger partial charge in [0, 0.05) is 21.7 Å². The maximum Gasteiger partial charge on any atom is 0.221 e. The fourth-order valence-corrected chi connectivity index (χ4v) is 2.95. The van der Waals surface area contributed by atoms with Crippen molar-refractivity contribution in [3.8, 4) is 16.9 Å². The topological polar surface area (TPSA) is 38.3 Å². The molecule has 0 aromatic heterocycles. The van der Waals surface area contributed by atoms with E-state index in [2.05, 4.69) is 27.9 Å². The van der Waals surface area contributed by atoms with Gasteiger partial charge >= 0.3 is 0 Å². The Bertz CT molecular complexity index is 908. The number of anilines is 1. The molecule has 0 heterocycles. The first kappa shape index (κ1) is 18.4. The predicted molar refractivity (Wildman–Crippen MR) is 110 cm³/mol. The molecule has 0 aliphatic heterocycles. The van der Waals surface area contributed by atoms with Crippen molar-refractivity contribution in [1.82, 2.24) is 0 Å². The number of nitrogens with one attached hydrogen (secondary N) is 1. The average Bonchev–Trinajstić information content (AvgIpc) is 2.62. The molecule has 0 unspecified atom stereocenters. The van der Waals surface area contributed by atoms with Crippen molar-refractivity contribution in [3.05, 3.63) is 81.7 Å². The van der Waals surface area contributed by atoms with Gasteiger partial charge in [0.15, 0.2) is 0 Å². The van der Waals surface area contributed by atoms with Gasteiger partial charge in [-0.1, -0.05) is 30.3 Å². The van der Waals surface area contributed by atoms with E-state index in [-0.39, 0.29) is 18.3 Å². The maximum atomic E-state index is 13.8. The highest BCUT2D eigenvalue weighted by Crippen LogP contribution is 2.24. The van der Waals surface area contributed by atoms with Gasteiger partial charge in [0.25, 0.3) is 0 Å². The third-order valence-electron chi connectivity index (χ3n) is 3.80. The molecule has 3 aromatic rings. The van der Waals surface area contributed by atoms with Gasteiger partial charge < -0.3 is 10.1 Å². The Labute approximate surface area is 165 Å². The van der Waals surface area contributed by atoms with Crippen LogP contribution in [0.2, 0.25) is 0 Å². The Morgan fingerprint density at radius 3 is 2.19 bits per heavy atom. The molecule has 0 aliphatic carbocycles. The Balaban J connectivity index is 1.65. The minimum absolute atomic E-state index is 0.0937. The van der Waals surface area contributed by atoms with Gasteiger partial charge in [-0.05, 0) is 70.1 Å². The van der Waals surface area contributed by atoms with Gasteiger partial charge in [-0.25, -0.2) is 4.39 Å². The maximum absolute atomic E-state index is 13.8. The predicted octanol–water partition coefficient (Wildman–Crippen LogP) is 5.63. The highest BCUT2D eigenvalue weighted by Gasteiger charge is 2.05. The van der Waals surface area contributed by atoms with Crippen LogP contribution in [0.5, 0.6) is 5.75 Å². The molecular weight excluding hydrogens is 444 g/mol. The number of halogens is 2. The third kappa shape index (κ3) is 4.82. The van der Waals surface area contributed by atoms with Gasteiger partial charge in [-0.15, -0.1) is 0 Å². The molecule has 0 saturated heterocycles. The van der Waals surface area contributed by atoms with Crippen molar-refractivity contribution in [3.63, 3.8) is 0 Å². The zero-order chi connectivity index (χ0) is 18.5. The number of ether oxygens (including phenoxy) is 1. The van der Waals surface area contributed by atoms with Crippen molar-refractivity contribution in [2.75, 3.05) is 5.32 Å². The largest absolute Gasteiger partial charge is 0.489 e. The number of amides is 1. The molecular formula is C21H17FINO2. The van der Waals surface area contributed by atoms with Crippen LogP contribution in [-0.4, -0.2) is 5.91 Å². The lowest BCUT2D eigenvalue weighted by Crippen LogP contribution is -2.05. The Morgan fingerprint density at radius 2 is 1.62 bits per heavy atom. The molecule has 3 aromatic carbocycles. The van der Waals surface area contributed by atoms with Crippen LogP contribution in [0.4, 0.5) is 10.1 Å². The van der Waals surface area contributed by atoms with E-state index in [9.17, 15) is 9.18 Å². The molecule has 3 nitrogen and oxygen atoms in total. The summed E-state index contributed by atoms with van der Waals surface area (Å²) in [5.41, 5.74) is 3.37. The lowest BCUT2D eigenvalue weighted by molar-refractivity contribution is -0.114. The first-order chi connectivity index (χ1) is 12.5. The summed E-state index contributed by atoms with van der Waals surface area (Å²) in [6.45, 7) is 1.67. The molecule has 0 spiro atoms. The fraction of sp³-hybridized carbons (Fsp3) is 0.0952. The SMILES string of the molecule is CC(=O)Nc1ccc(-c2ccc(OCc3ccc(I)cc3F)cc2)cc1. The van der Waals surface area contributed by atoms with Crippen LogP contribution < -0.4 is 10.1 Å². The molecule has 0 atom stereocenters. The zero-order valence-corrected chi connectivity index (χ0v) is 16.3. The average molecular weight is 461 g/mol. The van der Waals surface area contributed by atoms with E-state index in [0.717, 1.165) is 20.4 Å². The summed E-state index contributed by atoms with van der Waals surface area (Å²) in [5, 5.41) is 2.74. The second kappa shape index (κ2) is 8.31. The highest BCUT2D eigenvalue weighted by molar-refractivity contribution is 14.1. The van der Waals surface area contributed by atoms with E-state index in [1.165, 1.54) is 13.0 Å². The normalized spacial score (nSPS) is 10.4. The van der Waals surface area contributed by atoms with E-state index < -0.39 is 0 Å². The number of carbonyl (C=O) groups excluding carboxylic acids is 1. The molecule has 0 bridgehead atoms. The van der Waals surface area contributed by atoms with Gasteiger partial charge in [0.2, 0.25) is 5.91 Å². The van der Waals surface area contributed by atoms with Gasteiger partial charge in [0.1, 0.15) is 18.2 Å². The van der Waals surface area contributed by atoms with E-state index in [1.807, 2.05) is 54.6 Å². The molecule has 0 aliphatic rings. The third-order valence-corrected chi connectivity index (χ3v) is 4.47. The van der Waals surface area contributed by atoms with Gasteiger partial charge in [-0.2, -0.15) is 0 Å². The van der Waals surface area contributed by atoms with Crippen molar-refractivity contribution in [1.29, 1.82) is 0 Å². The quantitative estimate of drug-likeness (QED) is 0.500. The molecule has 5 heteroatoms. The first-order valence-electron chi connectivity index (χ1n) is 8.06. The summed E-state index contributed by atoms with van der Waals surface area (Å²) in [6.07, 6.45) is 0. The van der Waals surface area contributed by atoms with Crippen LogP contribution in [-0.2, 0) is 11.4 Å². The van der Waals surface area contributed by atoms with E-state index in [4.69, 9.17) is 4.74 Å². The second-order valence-corrected chi connectivity index (χ2v) is 7.05. The van der Waals surface area contributed by atoms with E-state index >= 15 is 0 Å². The first-order valence-corrected chi connectivity index (χ1v) is 9.14. The van der Waals surface area contributed by atoms with E-state index in [0.29, 0.717) is 11.3 Å². The Kier molecular flexibility index (Phi) is 5.88. The van der Waals surface area contributed by atoms with Gasteiger partial charge in [-0.3, -0.25) is 4.79 Å². The summed E-state index contributed by atoms with van der Waals surface area (Å²) in [5.74, 6) is 0.332.